The second kappa shape index (κ2) is 8.08. The second-order valence-electron chi connectivity index (χ2n) is 6.09. The molecule has 2 aromatic carbocycles. The number of carboxylic acids is 1. The zero-order chi connectivity index (χ0) is 21.2. The fourth-order valence-corrected chi connectivity index (χ4v) is 2.84. The Morgan fingerprint density at radius 3 is 2.21 bits per heavy atom. The number of aromatic nitrogens is 2. The van der Waals surface area contributed by atoms with Crippen molar-refractivity contribution in [1.82, 2.24) is 9.97 Å². The number of nitrogens with one attached hydrogen (secondary N) is 1. The summed E-state index contributed by atoms with van der Waals surface area (Å²) in [6, 6.07) is 11.8. The molecule has 0 atom stereocenters. The van der Waals surface area contributed by atoms with Crippen LogP contribution in [0, 0.1) is 0 Å². The molecule has 0 bridgehead atoms. The number of hydrogen-bond donors (Lipinski definition) is 2. The summed E-state index contributed by atoms with van der Waals surface area (Å²) in [4.78, 5) is 19.0. The third-order valence-electron chi connectivity index (χ3n) is 4.13. The first-order valence-electron chi connectivity index (χ1n) is 8.53. The number of rotatable bonds is 5. The Balaban J connectivity index is 2.11. The minimum Gasteiger partial charge on any atom is -0.478 e. The van der Waals surface area contributed by atoms with Gasteiger partial charge in [-0.2, -0.15) is 13.2 Å². The van der Waals surface area contributed by atoms with Gasteiger partial charge in [-0.1, -0.05) is 18.5 Å². The Morgan fingerprint density at radius 2 is 1.69 bits per heavy atom. The Morgan fingerprint density at radius 1 is 1.07 bits per heavy atom. The van der Waals surface area contributed by atoms with E-state index in [-0.39, 0.29) is 29.2 Å². The first-order chi connectivity index (χ1) is 13.7. The Kier molecular flexibility index (Phi) is 5.74. The standard InChI is InChI=1S/C20H15ClF3N3O2/c1-2-15-16(20(22,23)24)26-17(11-3-7-13(21)8-4-11)27-18(15)25-14-9-5-12(6-10-14)19(28)29/h3-10H,2H2,1H3,(H,28,29)(H,25,26,27). The monoisotopic (exact) mass is 421 g/mol. The summed E-state index contributed by atoms with van der Waals surface area (Å²) in [5.74, 6) is -1.20. The van der Waals surface area contributed by atoms with Crippen molar-refractivity contribution >= 4 is 29.1 Å². The van der Waals surface area contributed by atoms with Gasteiger partial charge in [0.2, 0.25) is 0 Å². The van der Waals surface area contributed by atoms with Gasteiger partial charge in [0.25, 0.3) is 0 Å². The van der Waals surface area contributed by atoms with E-state index in [2.05, 4.69) is 15.3 Å². The van der Waals surface area contributed by atoms with Crippen molar-refractivity contribution < 1.29 is 23.1 Å². The van der Waals surface area contributed by atoms with E-state index in [9.17, 15) is 18.0 Å². The van der Waals surface area contributed by atoms with Crippen LogP contribution in [0.2, 0.25) is 5.02 Å². The van der Waals surface area contributed by atoms with E-state index in [1.54, 1.807) is 19.1 Å². The third kappa shape index (κ3) is 4.65. The lowest BCUT2D eigenvalue weighted by Gasteiger charge is -2.17. The summed E-state index contributed by atoms with van der Waals surface area (Å²) in [6.45, 7) is 1.58. The number of alkyl halides is 3. The normalized spacial score (nSPS) is 11.3. The van der Waals surface area contributed by atoms with Crippen LogP contribution >= 0.6 is 11.6 Å². The Labute approximate surface area is 169 Å². The molecule has 0 radical (unpaired) electrons. The number of anilines is 2. The van der Waals surface area contributed by atoms with Gasteiger partial charge in [0, 0.05) is 21.8 Å². The van der Waals surface area contributed by atoms with Crippen molar-refractivity contribution in [2.24, 2.45) is 0 Å². The largest absolute Gasteiger partial charge is 0.478 e. The highest BCUT2D eigenvalue weighted by Crippen LogP contribution is 2.36. The van der Waals surface area contributed by atoms with Crippen LogP contribution < -0.4 is 5.32 Å². The maximum absolute atomic E-state index is 13.7. The molecule has 0 saturated carbocycles. The average molecular weight is 422 g/mol. The number of nitrogens with zero attached hydrogens (tertiary/aromatic N) is 2. The molecule has 9 heteroatoms. The molecule has 150 valence electrons. The topological polar surface area (TPSA) is 75.1 Å². The van der Waals surface area contributed by atoms with Crippen LogP contribution in [0.15, 0.2) is 48.5 Å². The van der Waals surface area contributed by atoms with E-state index < -0.39 is 17.8 Å². The van der Waals surface area contributed by atoms with Crippen molar-refractivity contribution in [3.05, 3.63) is 70.4 Å². The zero-order valence-electron chi connectivity index (χ0n) is 15.1. The van der Waals surface area contributed by atoms with E-state index in [0.717, 1.165) is 0 Å². The van der Waals surface area contributed by atoms with Crippen LogP contribution in [0.25, 0.3) is 11.4 Å². The maximum Gasteiger partial charge on any atom is 0.433 e. The fourth-order valence-electron chi connectivity index (χ4n) is 2.72. The zero-order valence-corrected chi connectivity index (χ0v) is 15.8. The lowest BCUT2D eigenvalue weighted by atomic mass is 10.1. The van der Waals surface area contributed by atoms with E-state index in [4.69, 9.17) is 16.7 Å². The molecule has 5 nitrogen and oxygen atoms in total. The lowest BCUT2D eigenvalue weighted by Crippen LogP contribution is -2.16. The minimum atomic E-state index is -4.67. The van der Waals surface area contributed by atoms with Gasteiger partial charge in [-0.05, 0) is 55.0 Å². The summed E-state index contributed by atoms with van der Waals surface area (Å²) in [6.07, 6.45) is -4.62. The third-order valence-corrected chi connectivity index (χ3v) is 4.38. The predicted octanol–water partition coefficient (Wildman–Crippen LogP) is 5.82. The van der Waals surface area contributed by atoms with Gasteiger partial charge >= 0.3 is 12.1 Å². The SMILES string of the molecule is CCc1c(Nc2ccc(C(=O)O)cc2)nc(-c2ccc(Cl)cc2)nc1C(F)(F)F. The molecule has 29 heavy (non-hydrogen) atoms. The molecule has 1 aromatic heterocycles. The predicted molar refractivity (Wildman–Crippen MR) is 104 cm³/mol. The van der Waals surface area contributed by atoms with Gasteiger partial charge in [0.05, 0.1) is 5.56 Å². The molecule has 0 amide bonds. The lowest BCUT2D eigenvalue weighted by molar-refractivity contribution is -0.141. The average Bonchev–Trinajstić information content (AvgIpc) is 2.67. The molecular weight excluding hydrogens is 407 g/mol. The molecule has 0 fully saturated rings. The van der Waals surface area contributed by atoms with Crippen LogP contribution in [-0.2, 0) is 12.6 Å². The number of hydrogen-bond acceptors (Lipinski definition) is 4. The van der Waals surface area contributed by atoms with Crippen LogP contribution in [0.5, 0.6) is 0 Å². The quantitative estimate of drug-likeness (QED) is 0.543. The summed E-state index contributed by atoms with van der Waals surface area (Å²) >= 11 is 5.85. The van der Waals surface area contributed by atoms with Crippen LogP contribution in [-0.4, -0.2) is 21.0 Å². The number of carbonyl (C=O) groups is 1. The molecular formula is C20H15ClF3N3O2. The first kappa shape index (κ1) is 20.6. The summed E-state index contributed by atoms with van der Waals surface area (Å²) in [7, 11) is 0. The molecule has 0 aliphatic carbocycles. The van der Waals surface area contributed by atoms with Crippen molar-refractivity contribution in [2.45, 2.75) is 19.5 Å². The molecule has 0 aliphatic rings. The summed E-state index contributed by atoms with van der Waals surface area (Å²) < 4.78 is 41.0. The van der Waals surface area contributed by atoms with Gasteiger partial charge in [-0.3, -0.25) is 0 Å². The molecule has 1 heterocycles. The molecule has 0 saturated heterocycles. The van der Waals surface area contributed by atoms with E-state index in [1.807, 2.05) is 0 Å². The molecule has 2 N–H and O–H groups in total. The number of aromatic carboxylic acids is 1. The molecule has 3 aromatic rings. The molecule has 0 unspecified atom stereocenters. The smallest absolute Gasteiger partial charge is 0.433 e. The van der Waals surface area contributed by atoms with Crippen LogP contribution in [0.3, 0.4) is 0 Å². The summed E-state index contributed by atoms with van der Waals surface area (Å²) in [5, 5.41) is 12.3. The maximum atomic E-state index is 13.7. The van der Waals surface area contributed by atoms with E-state index >= 15 is 0 Å². The number of benzene rings is 2. The molecule has 0 spiro atoms. The molecule has 3 rings (SSSR count). The van der Waals surface area contributed by atoms with Crippen LogP contribution in [0.4, 0.5) is 24.7 Å². The van der Waals surface area contributed by atoms with Gasteiger partial charge in [0.1, 0.15) is 5.82 Å². The van der Waals surface area contributed by atoms with Gasteiger partial charge in [0.15, 0.2) is 11.5 Å². The van der Waals surface area contributed by atoms with Crippen LogP contribution in [0.1, 0.15) is 28.5 Å². The van der Waals surface area contributed by atoms with Crippen molar-refractivity contribution in [2.75, 3.05) is 5.32 Å². The van der Waals surface area contributed by atoms with Gasteiger partial charge in [-0.25, -0.2) is 14.8 Å². The highest BCUT2D eigenvalue weighted by molar-refractivity contribution is 6.30. The van der Waals surface area contributed by atoms with Gasteiger partial charge in [-0.15, -0.1) is 0 Å². The van der Waals surface area contributed by atoms with E-state index in [0.29, 0.717) is 16.3 Å². The summed E-state index contributed by atoms with van der Waals surface area (Å²) in [5.41, 5.74) is -0.265. The van der Waals surface area contributed by atoms with Crippen molar-refractivity contribution in [3.8, 4) is 11.4 Å². The minimum absolute atomic E-state index is 0.00264. The Bertz CT molecular complexity index is 1040. The molecule has 0 aliphatic heterocycles. The van der Waals surface area contributed by atoms with Gasteiger partial charge < -0.3 is 10.4 Å². The van der Waals surface area contributed by atoms with E-state index in [1.165, 1.54) is 36.4 Å². The number of halogens is 4. The Hall–Kier alpha value is -3.13. The highest BCUT2D eigenvalue weighted by atomic mass is 35.5. The fraction of sp³-hybridized carbons (Fsp3) is 0.150. The second-order valence-corrected chi connectivity index (χ2v) is 6.53. The first-order valence-corrected chi connectivity index (χ1v) is 8.91. The van der Waals surface area contributed by atoms with Crippen molar-refractivity contribution in [3.63, 3.8) is 0 Å². The highest BCUT2D eigenvalue weighted by Gasteiger charge is 2.37. The number of carboxylic acid groups (broad SMARTS) is 1. The van der Waals surface area contributed by atoms with Crippen molar-refractivity contribution in [1.29, 1.82) is 0 Å².